The molecule has 2 heterocycles. The molecule has 0 bridgehead atoms. The second-order valence-corrected chi connectivity index (χ2v) is 7.43. The maximum atomic E-state index is 12.1. The summed E-state index contributed by atoms with van der Waals surface area (Å²) in [4.78, 5) is 1.01. The van der Waals surface area contributed by atoms with Crippen LogP contribution in [0.1, 0.15) is 10.4 Å². The summed E-state index contributed by atoms with van der Waals surface area (Å²) in [6, 6.07) is 1.67. The summed E-state index contributed by atoms with van der Waals surface area (Å²) in [6.45, 7) is 2.55. The van der Waals surface area contributed by atoms with Gasteiger partial charge < -0.3 is 5.32 Å². The number of anilines is 1. The van der Waals surface area contributed by atoms with E-state index in [2.05, 4.69) is 20.2 Å². The summed E-state index contributed by atoms with van der Waals surface area (Å²) >= 11 is 2.40. The van der Waals surface area contributed by atoms with Gasteiger partial charge in [0, 0.05) is 11.4 Å². The highest BCUT2D eigenvalue weighted by Crippen LogP contribution is 2.27. The van der Waals surface area contributed by atoms with Gasteiger partial charge in [0.05, 0.1) is 0 Å². The summed E-state index contributed by atoms with van der Waals surface area (Å²) in [6.07, 6.45) is 0. The zero-order valence-corrected chi connectivity index (χ0v) is 12.2. The van der Waals surface area contributed by atoms with Crippen LogP contribution in [0.25, 0.3) is 0 Å². The van der Waals surface area contributed by atoms with Crippen molar-refractivity contribution in [3.8, 4) is 0 Å². The lowest BCUT2D eigenvalue weighted by atomic mass is 10.3. The van der Waals surface area contributed by atoms with E-state index in [0.29, 0.717) is 10.8 Å². The van der Waals surface area contributed by atoms with E-state index in [4.69, 9.17) is 0 Å². The standard InChI is InChI=1S/C9H12N4O2S3/c1-6-3-8(17-7(6)4-10-2)18(14,15)13-9-12-11-5-16-9/h3,5,10H,4H2,1-2H3,(H,12,13). The number of sulfonamides is 1. The molecule has 0 aromatic carbocycles. The first-order valence-corrected chi connectivity index (χ1v) is 8.24. The predicted molar refractivity (Wildman–Crippen MR) is 72.5 cm³/mol. The Balaban J connectivity index is 2.27. The highest BCUT2D eigenvalue weighted by atomic mass is 32.2. The van der Waals surface area contributed by atoms with Crippen LogP contribution in [-0.2, 0) is 16.6 Å². The highest BCUT2D eigenvalue weighted by Gasteiger charge is 2.19. The Hall–Kier alpha value is -1.03. The summed E-state index contributed by atoms with van der Waals surface area (Å²) in [7, 11) is -1.73. The monoisotopic (exact) mass is 304 g/mol. The topological polar surface area (TPSA) is 84.0 Å². The molecular formula is C9H12N4O2S3. The third-order valence-electron chi connectivity index (χ3n) is 2.18. The lowest BCUT2D eigenvalue weighted by Crippen LogP contribution is -2.11. The van der Waals surface area contributed by atoms with Gasteiger partial charge in [-0.2, -0.15) is 0 Å². The second kappa shape index (κ2) is 5.31. The van der Waals surface area contributed by atoms with Gasteiger partial charge in [-0.05, 0) is 25.6 Å². The van der Waals surface area contributed by atoms with Gasteiger partial charge in [0.2, 0.25) is 5.13 Å². The zero-order chi connectivity index (χ0) is 13.2. The third kappa shape index (κ3) is 2.86. The molecule has 6 nitrogen and oxygen atoms in total. The molecule has 0 fully saturated rings. The van der Waals surface area contributed by atoms with E-state index >= 15 is 0 Å². The van der Waals surface area contributed by atoms with Crippen LogP contribution in [0.5, 0.6) is 0 Å². The molecule has 2 aromatic rings. The summed E-state index contributed by atoms with van der Waals surface area (Å²) in [5, 5.41) is 10.5. The van der Waals surface area contributed by atoms with Crippen molar-refractivity contribution < 1.29 is 8.42 Å². The predicted octanol–water partition coefficient (Wildman–Crippen LogP) is 1.43. The van der Waals surface area contributed by atoms with Crippen LogP contribution >= 0.6 is 22.7 Å². The first kappa shape index (κ1) is 13.4. The van der Waals surface area contributed by atoms with Crippen molar-refractivity contribution in [1.29, 1.82) is 0 Å². The molecule has 0 amide bonds. The van der Waals surface area contributed by atoms with Gasteiger partial charge in [0.15, 0.2) is 0 Å². The van der Waals surface area contributed by atoms with Crippen LogP contribution in [0.3, 0.4) is 0 Å². The van der Waals surface area contributed by atoms with E-state index in [1.54, 1.807) is 6.07 Å². The highest BCUT2D eigenvalue weighted by molar-refractivity contribution is 7.94. The molecule has 2 rings (SSSR count). The minimum atomic E-state index is -3.55. The summed E-state index contributed by atoms with van der Waals surface area (Å²) in [5.74, 6) is 0. The van der Waals surface area contributed by atoms with Gasteiger partial charge in [-0.3, -0.25) is 4.72 Å². The molecule has 2 aromatic heterocycles. The fourth-order valence-electron chi connectivity index (χ4n) is 1.34. The second-order valence-electron chi connectivity index (χ2n) is 3.55. The number of nitrogens with one attached hydrogen (secondary N) is 2. The molecule has 0 aliphatic rings. The van der Waals surface area contributed by atoms with Gasteiger partial charge in [-0.1, -0.05) is 11.3 Å². The molecule has 0 saturated heterocycles. The number of nitrogens with zero attached hydrogens (tertiary/aromatic N) is 2. The number of hydrogen-bond donors (Lipinski definition) is 2. The number of thiophene rings is 1. The largest absolute Gasteiger partial charge is 0.315 e. The van der Waals surface area contributed by atoms with E-state index < -0.39 is 10.0 Å². The minimum absolute atomic E-state index is 0.274. The quantitative estimate of drug-likeness (QED) is 0.873. The fraction of sp³-hybridized carbons (Fsp3) is 0.333. The molecule has 0 atom stereocenters. The molecular weight excluding hydrogens is 292 g/mol. The maximum absolute atomic E-state index is 12.1. The van der Waals surface area contributed by atoms with E-state index in [-0.39, 0.29) is 5.13 Å². The average Bonchev–Trinajstić information content (AvgIpc) is 2.90. The van der Waals surface area contributed by atoms with Gasteiger partial charge in [-0.15, -0.1) is 21.5 Å². The smallest absolute Gasteiger partial charge is 0.273 e. The van der Waals surface area contributed by atoms with Crippen LogP contribution in [0, 0.1) is 6.92 Å². The van der Waals surface area contributed by atoms with Gasteiger partial charge in [0.1, 0.15) is 9.72 Å². The Morgan fingerprint density at radius 2 is 2.22 bits per heavy atom. The Morgan fingerprint density at radius 3 is 2.83 bits per heavy atom. The van der Waals surface area contributed by atoms with E-state index in [0.717, 1.165) is 21.8 Å². The van der Waals surface area contributed by atoms with Crippen molar-refractivity contribution in [3.63, 3.8) is 0 Å². The zero-order valence-electron chi connectivity index (χ0n) is 9.80. The molecule has 0 saturated carbocycles. The van der Waals surface area contributed by atoms with Gasteiger partial charge in [-0.25, -0.2) is 8.42 Å². The van der Waals surface area contributed by atoms with Crippen molar-refractivity contribution >= 4 is 37.8 Å². The van der Waals surface area contributed by atoms with Crippen LogP contribution in [0.2, 0.25) is 0 Å². The molecule has 0 unspecified atom stereocenters. The van der Waals surface area contributed by atoms with Gasteiger partial charge >= 0.3 is 0 Å². The summed E-state index contributed by atoms with van der Waals surface area (Å²) in [5.41, 5.74) is 2.44. The Labute approximate surface area is 113 Å². The molecule has 9 heteroatoms. The SMILES string of the molecule is CNCc1sc(S(=O)(=O)Nc2nncs2)cc1C. The normalized spacial score (nSPS) is 11.7. The van der Waals surface area contributed by atoms with E-state index in [1.165, 1.54) is 16.8 Å². The number of hydrogen-bond acceptors (Lipinski definition) is 7. The van der Waals surface area contributed by atoms with Crippen molar-refractivity contribution in [2.24, 2.45) is 0 Å². The molecule has 0 radical (unpaired) electrons. The number of aromatic nitrogens is 2. The van der Waals surface area contributed by atoms with E-state index in [9.17, 15) is 8.42 Å². The first-order chi connectivity index (χ1) is 8.53. The molecule has 98 valence electrons. The molecule has 0 spiro atoms. The number of rotatable bonds is 5. The molecule has 18 heavy (non-hydrogen) atoms. The van der Waals surface area contributed by atoms with Crippen LogP contribution < -0.4 is 10.0 Å². The minimum Gasteiger partial charge on any atom is -0.315 e. The summed E-state index contributed by atoms with van der Waals surface area (Å²) < 4.78 is 26.9. The molecule has 2 N–H and O–H groups in total. The Kier molecular flexibility index (Phi) is 3.95. The lowest BCUT2D eigenvalue weighted by molar-refractivity contribution is 0.603. The van der Waals surface area contributed by atoms with Crippen LogP contribution in [-0.4, -0.2) is 25.7 Å². The first-order valence-electron chi connectivity index (χ1n) is 5.06. The lowest BCUT2D eigenvalue weighted by Gasteiger charge is -2.00. The van der Waals surface area contributed by atoms with Crippen molar-refractivity contribution in [3.05, 3.63) is 22.0 Å². The Bertz CT molecular complexity index is 618. The van der Waals surface area contributed by atoms with Gasteiger partial charge in [0.25, 0.3) is 10.0 Å². The molecule has 0 aliphatic heterocycles. The average molecular weight is 304 g/mol. The maximum Gasteiger partial charge on any atom is 0.273 e. The molecule has 0 aliphatic carbocycles. The third-order valence-corrected chi connectivity index (χ3v) is 5.97. The van der Waals surface area contributed by atoms with Crippen molar-refractivity contribution in [2.75, 3.05) is 11.8 Å². The van der Waals surface area contributed by atoms with Crippen LogP contribution in [0.4, 0.5) is 5.13 Å². The Morgan fingerprint density at radius 1 is 1.44 bits per heavy atom. The fourth-order valence-corrected chi connectivity index (χ4v) is 4.63. The van der Waals surface area contributed by atoms with Crippen molar-refractivity contribution in [1.82, 2.24) is 15.5 Å². The van der Waals surface area contributed by atoms with Crippen molar-refractivity contribution in [2.45, 2.75) is 17.7 Å². The number of aryl methyl sites for hydroxylation is 1. The van der Waals surface area contributed by atoms with E-state index in [1.807, 2.05) is 14.0 Å². The van der Waals surface area contributed by atoms with Crippen LogP contribution in [0.15, 0.2) is 15.8 Å².